The summed E-state index contributed by atoms with van der Waals surface area (Å²) in [5.41, 5.74) is 26.0. The van der Waals surface area contributed by atoms with Crippen LogP contribution < -0.4 is 4.90 Å². The van der Waals surface area contributed by atoms with Gasteiger partial charge in [-0.1, -0.05) is 153 Å². The second-order valence-corrected chi connectivity index (χ2v) is 20.3. The monoisotopic (exact) mass is 962 g/mol. The number of benzene rings is 5. The van der Waals surface area contributed by atoms with E-state index in [4.69, 9.17) is 4.99 Å². The Labute approximate surface area is 435 Å². The molecule has 1 aliphatic heterocycles. The number of aryl methyl sites for hydroxylation is 1. The van der Waals surface area contributed by atoms with Crippen molar-refractivity contribution in [1.29, 1.82) is 0 Å². The Morgan fingerprint density at radius 3 is 1.96 bits per heavy atom. The number of hydrogen-bond acceptors (Lipinski definition) is 3. The second-order valence-electron chi connectivity index (χ2n) is 19.3. The molecule has 2 heterocycles. The number of thioether (sulfide) groups is 1. The summed E-state index contributed by atoms with van der Waals surface area (Å²) in [6, 6.07) is 39.9. The minimum atomic E-state index is 0.792. The first-order chi connectivity index (χ1) is 35.4. The molecule has 0 spiro atoms. The van der Waals surface area contributed by atoms with Crippen molar-refractivity contribution in [2.75, 3.05) is 4.90 Å². The van der Waals surface area contributed by atoms with E-state index in [1.165, 1.54) is 101 Å². The Hall–Kier alpha value is -6.88. The Morgan fingerprint density at radius 1 is 0.597 bits per heavy atom. The average molecular weight is 962 g/mol. The SMILES string of the molecule is C=Nc1c(-c2ccc(C)cc2)ccc(-c2ccc(-n3c4c(c5c3CCCC5)CCC=C4)cc2)c1SCc1ccc2c(c1)C/C=C\C=C/C(=C)N2c1ccccc1.CC.CC1=C(C2=C(C)C=CCC2)CCC=C1. The molecule has 6 aromatic rings. The smallest absolute Gasteiger partial charge is 0.0842 e. The molecule has 0 unspecified atom stereocenters. The second kappa shape index (κ2) is 23.6. The van der Waals surface area contributed by atoms with Crippen LogP contribution in [0.4, 0.5) is 17.1 Å². The molecule has 0 atom stereocenters. The summed E-state index contributed by atoms with van der Waals surface area (Å²) in [7, 11) is 0. The zero-order valence-corrected chi connectivity index (χ0v) is 44.1. The number of aliphatic imine (C=N–C) groups is 1. The van der Waals surface area contributed by atoms with Gasteiger partial charge in [0.2, 0.25) is 0 Å². The molecule has 4 aliphatic carbocycles. The molecule has 4 heteroatoms. The topological polar surface area (TPSA) is 20.5 Å². The number of aromatic nitrogens is 1. The molecule has 0 saturated carbocycles. The van der Waals surface area contributed by atoms with Crippen LogP contribution in [0.5, 0.6) is 0 Å². The van der Waals surface area contributed by atoms with Crippen molar-refractivity contribution in [3.05, 3.63) is 238 Å². The maximum Gasteiger partial charge on any atom is 0.0842 e. The van der Waals surface area contributed by atoms with Crippen LogP contribution in [0.1, 0.15) is 112 Å². The number of nitrogens with zero attached hydrogens (tertiary/aromatic N) is 3. The van der Waals surface area contributed by atoms with E-state index in [0.29, 0.717) is 0 Å². The predicted octanol–water partition coefficient (Wildman–Crippen LogP) is 19.2. The predicted molar refractivity (Wildman–Crippen MR) is 314 cm³/mol. The van der Waals surface area contributed by atoms with Crippen LogP contribution in [0.3, 0.4) is 0 Å². The molecule has 364 valence electrons. The quantitative estimate of drug-likeness (QED) is 0.106. The maximum atomic E-state index is 4.76. The number of rotatable bonds is 9. The first-order valence-electron chi connectivity index (χ1n) is 26.4. The van der Waals surface area contributed by atoms with Crippen molar-refractivity contribution in [3.8, 4) is 27.9 Å². The van der Waals surface area contributed by atoms with Crippen LogP contribution in [-0.4, -0.2) is 11.3 Å². The van der Waals surface area contributed by atoms with Crippen LogP contribution >= 0.6 is 11.8 Å². The number of allylic oxidation sites excluding steroid dienone is 13. The van der Waals surface area contributed by atoms with E-state index in [1.54, 1.807) is 22.3 Å². The zero-order valence-electron chi connectivity index (χ0n) is 43.3. The van der Waals surface area contributed by atoms with Gasteiger partial charge in [0.05, 0.1) is 5.69 Å². The molecule has 0 N–H and O–H groups in total. The van der Waals surface area contributed by atoms with E-state index in [2.05, 4.69) is 213 Å². The van der Waals surface area contributed by atoms with Gasteiger partial charge in [0.1, 0.15) is 0 Å². The maximum absolute atomic E-state index is 4.76. The van der Waals surface area contributed by atoms with E-state index in [-0.39, 0.29) is 0 Å². The van der Waals surface area contributed by atoms with Gasteiger partial charge in [-0.25, -0.2) is 0 Å². The lowest BCUT2D eigenvalue weighted by molar-refractivity contribution is 0.660. The van der Waals surface area contributed by atoms with Gasteiger partial charge in [0.25, 0.3) is 0 Å². The first-order valence-corrected chi connectivity index (χ1v) is 27.4. The van der Waals surface area contributed by atoms with Crippen LogP contribution in [-0.2, 0) is 31.4 Å². The summed E-state index contributed by atoms with van der Waals surface area (Å²) in [4.78, 5) is 8.17. The summed E-state index contributed by atoms with van der Waals surface area (Å²) < 4.78 is 2.55. The lowest BCUT2D eigenvalue weighted by atomic mass is 9.85. The highest BCUT2D eigenvalue weighted by Crippen LogP contribution is 2.47. The van der Waals surface area contributed by atoms with E-state index in [0.717, 1.165) is 70.2 Å². The molecular weight excluding hydrogens is 891 g/mol. The van der Waals surface area contributed by atoms with Gasteiger partial charge in [-0.2, -0.15) is 0 Å². The first kappa shape index (κ1) is 50.1. The van der Waals surface area contributed by atoms with Crippen molar-refractivity contribution < 1.29 is 0 Å². The van der Waals surface area contributed by atoms with Gasteiger partial charge in [0, 0.05) is 50.4 Å². The highest BCUT2D eigenvalue weighted by Gasteiger charge is 2.26. The number of hydrogen-bond donors (Lipinski definition) is 0. The lowest BCUT2D eigenvalue weighted by Crippen LogP contribution is -2.16. The molecule has 5 aromatic carbocycles. The minimum absolute atomic E-state index is 0.792. The Bertz CT molecular complexity index is 3120. The van der Waals surface area contributed by atoms with Crippen molar-refractivity contribution in [3.63, 3.8) is 0 Å². The van der Waals surface area contributed by atoms with E-state index < -0.39 is 0 Å². The Morgan fingerprint density at radius 2 is 1.25 bits per heavy atom. The van der Waals surface area contributed by atoms with Gasteiger partial charge >= 0.3 is 0 Å². The molecule has 0 saturated heterocycles. The summed E-state index contributed by atoms with van der Waals surface area (Å²) in [5.74, 6) is 0.792. The number of anilines is 2. The molecule has 0 amide bonds. The fourth-order valence-electron chi connectivity index (χ4n) is 11.1. The normalized spacial score (nSPS) is 16.7. The standard InChI is InChI=1S/C52H47N3S.C14H18.C2H6/c1-36-22-25-39(26-23-36)44-31-32-45(40-27-29-43(30-28-40)55-49-20-12-10-18-46(49)47-19-11-13-21-50(47)55)52(51(44)53-3)56-35-38-24-33-48-41(34-38)15-7-4-6-14-37(2)54(48)42-16-8-5-9-17-42;1-11-7-3-5-9-13(11)14-10-6-4-8-12(14)2;1-2/h4-9,12,14,16-17,20,22-34H,2-3,10-11,13,15,18-19,21,35H2,1H3;3-4,7-8H,5-6,9-10H2,1-2H3;1-2H3/b7-4-,14-6-;;. The highest BCUT2D eigenvalue weighted by molar-refractivity contribution is 7.98. The van der Waals surface area contributed by atoms with Crippen LogP contribution in [0.25, 0.3) is 34.0 Å². The third-order valence-corrected chi connectivity index (χ3v) is 15.8. The number of para-hydroxylation sites is 1. The van der Waals surface area contributed by atoms with E-state index in [9.17, 15) is 0 Å². The van der Waals surface area contributed by atoms with Gasteiger partial charge in [-0.3, -0.25) is 4.99 Å². The molecule has 0 fully saturated rings. The van der Waals surface area contributed by atoms with E-state index in [1.807, 2.05) is 25.6 Å². The lowest BCUT2D eigenvalue weighted by Gasteiger charge is -2.28. The number of fused-ring (bicyclic) bond motifs is 4. The van der Waals surface area contributed by atoms with Crippen LogP contribution in [0, 0.1) is 6.92 Å². The van der Waals surface area contributed by atoms with Crippen molar-refractivity contribution in [2.24, 2.45) is 4.99 Å². The fourth-order valence-corrected chi connectivity index (χ4v) is 12.2. The molecule has 72 heavy (non-hydrogen) atoms. The van der Waals surface area contributed by atoms with Crippen LogP contribution in [0.15, 0.2) is 208 Å². The molecular formula is C68H71N3S. The van der Waals surface area contributed by atoms with Gasteiger partial charge < -0.3 is 9.47 Å². The highest BCUT2D eigenvalue weighted by atomic mass is 32.2. The summed E-state index contributed by atoms with van der Waals surface area (Å²) in [6.07, 6.45) is 35.3. The minimum Gasteiger partial charge on any atom is -0.314 e. The molecule has 11 rings (SSSR count). The molecule has 3 nitrogen and oxygen atoms in total. The van der Waals surface area contributed by atoms with Gasteiger partial charge in [0.15, 0.2) is 0 Å². The third kappa shape index (κ3) is 10.8. The third-order valence-electron chi connectivity index (χ3n) is 14.7. The zero-order chi connectivity index (χ0) is 50.0. The van der Waals surface area contributed by atoms with E-state index >= 15 is 0 Å². The molecule has 0 radical (unpaired) electrons. The molecule has 0 bridgehead atoms. The average Bonchev–Trinajstić information content (AvgIpc) is 3.79. The van der Waals surface area contributed by atoms with Crippen LogP contribution in [0.2, 0.25) is 0 Å². The van der Waals surface area contributed by atoms with Gasteiger partial charge in [-0.15, -0.1) is 11.8 Å². The van der Waals surface area contributed by atoms with Crippen molar-refractivity contribution in [1.82, 2.24) is 4.57 Å². The summed E-state index contributed by atoms with van der Waals surface area (Å²) >= 11 is 1.85. The Kier molecular flexibility index (Phi) is 16.4. The molecule has 1 aromatic heterocycles. The van der Waals surface area contributed by atoms with Crippen molar-refractivity contribution in [2.45, 2.75) is 116 Å². The van der Waals surface area contributed by atoms with Gasteiger partial charge in [-0.05, 0) is 202 Å². The summed E-state index contributed by atoms with van der Waals surface area (Å²) in [6.45, 7) is 19.2. The fraction of sp³-hybridized carbons (Fsp3) is 0.250. The largest absolute Gasteiger partial charge is 0.314 e. The Balaban J connectivity index is 0.000000342. The van der Waals surface area contributed by atoms with Crippen molar-refractivity contribution >= 4 is 41.6 Å². The summed E-state index contributed by atoms with van der Waals surface area (Å²) in [5, 5.41) is 0. The molecule has 5 aliphatic rings.